The van der Waals surface area contributed by atoms with Gasteiger partial charge in [-0.1, -0.05) is 29.8 Å². The Morgan fingerprint density at radius 3 is 2.17 bits per heavy atom. The van der Waals surface area contributed by atoms with Crippen molar-refractivity contribution in [2.24, 2.45) is 0 Å². The Bertz CT molecular complexity index is 570. The lowest BCUT2D eigenvalue weighted by atomic mass is 10.1. The van der Waals surface area contributed by atoms with E-state index < -0.39 is 0 Å². The fourth-order valence-corrected chi connectivity index (χ4v) is 1.77. The number of rotatable bonds is 2. The Kier molecular flexibility index (Phi) is 3.47. The summed E-state index contributed by atoms with van der Waals surface area (Å²) in [5.41, 5.74) is 4.92. The summed E-state index contributed by atoms with van der Waals surface area (Å²) in [5.74, 6) is -0.0660. The molecule has 0 heterocycles. The lowest BCUT2D eigenvalue weighted by Crippen LogP contribution is -2.12. The van der Waals surface area contributed by atoms with Crippen LogP contribution in [0.3, 0.4) is 0 Å². The van der Waals surface area contributed by atoms with Crippen LogP contribution in [0.4, 0.5) is 5.69 Å². The summed E-state index contributed by atoms with van der Waals surface area (Å²) in [5, 5.41) is 2.95. The number of anilines is 1. The van der Waals surface area contributed by atoms with Crippen molar-refractivity contribution in [1.29, 1.82) is 0 Å². The third-order valence-corrected chi connectivity index (χ3v) is 2.96. The van der Waals surface area contributed by atoms with E-state index in [-0.39, 0.29) is 5.91 Å². The largest absolute Gasteiger partial charge is 0.322 e. The maximum absolute atomic E-state index is 12.1. The zero-order valence-electron chi connectivity index (χ0n) is 10.9. The van der Waals surface area contributed by atoms with Crippen LogP contribution in [0, 0.1) is 20.8 Å². The van der Waals surface area contributed by atoms with E-state index in [0.29, 0.717) is 5.56 Å². The Morgan fingerprint density at radius 2 is 1.50 bits per heavy atom. The first kappa shape index (κ1) is 12.4. The second-order valence-electron chi connectivity index (χ2n) is 4.64. The van der Waals surface area contributed by atoms with Crippen molar-refractivity contribution in [2.45, 2.75) is 20.8 Å². The van der Waals surface area contributed by atoms with Crippen molar-refractivity contribution >= 4 is 11.6 Å². The molecule has 0 saturated heterocycles. The molecule has 0 radical (unpaired) electrons. The molecule has 92 valence electrons. The molecular formula is C16H17NO. The third kappa shape index (κ3) is 2.77. The molecule has 0 aliphatic heterocycles. The highest BCUT2D eigenvalue weighted by Crippen LogP contribution is 2.17. The standard InChI is InChI=1S/C16H17NO/c1-11-5-8-14(9-6-11)16(18)17-15-10-12(2)4-7-13(15)3/h4-10H,1-3H3,(H,17,18). The topological polar surface area (TPSA) is 29.1 Å². The second kappa shape index (κ2) is 5.05. The van der Waals surface area contributed by atoms with E-state index >= 15 is 0 Å². The van der Waals surface area contributed by atoms with Crippen molar-refractivity contribution in [2.75, 3.05) is 5.32 Å². The van der Waals surface area contributed by atoms with Gasteiger partial charge in [0.25, 0.3) is 5.91 Å². The molecule has 2 rings (SSSR count). The molecule has 0 aromatic heterocycles. The average molecular weight is 239 g/mol. The molecule has 1 amide bonds. The van der Waals surface area contributed by atoms with Gasteiger partial charge >= 0.3 is 0 Å². The zero-order chi connectivity index (χ0) is 13.1. The molecule has 0 saturated carbocycles. The predicted molar refractivity (Wildman–Crippen MR) is 75.0 cm³/mol. The number of hydrogen-bond donors (Lipinski definition) is 1. The summed E-state index contributed by atoms with van der Waals surface area (Å²) in [6.45, 7) is 6.01. The van der Waals surface area contributed by atoms with E-state index in [1.807, 2.05) is 63.2 Å². The third-order valence-electron chi connectivity index (χ3n) is 2.96. The van der Waals surface area contributed by atoms with Gasteiger partial charge in [-0.05, 0) is 50.1 Å². The number of nitrogens with one attached hydrogen (secondary N) is 1. The summed E-state index contributed by atoms with van der Waals surface area (Å²) >= 11 is 0. The smallest absolute Gasteiger partial charge is 0.255 e. The normalized spacial score (nSPS) is 10.2. The number of hydrogen-bond acceptors (Lipinski definition) is 1. The number of benzene rings is 2. The van der Waals surface area contributed by atoms with Gasteiger partial charge in [-0.3, -0.25) is 4.79 Å². The molecule has 2 nitrogen and oxygen atoms in total. The Hall–Kier alpha value is -2.09. The summed E-state index contributed by atoms with van der Waals surface area (Å²) in [6, 6.07) is 13.6. The van der Waals surface area contributed by atoms with Gasteiger partial charge in [0.15, 0.2) is 0 Å². The van der Waals surface area contributed by atoms with Crippen LogP contribution < -0.4 is 5.32 Å². The molecule has 0 fully saturated rings. The molecular weight excluding hydrogens is 222 g/mol. The lowest BCUT2D eigenvalue weighted by molar-refractivity contribution is 0.102. The molecule has 0 bridgehead atoms. The maximum atomic E-state index is 12.1. The minimum absolute atomic E-state index is 0.0660. The van der Waals surface area contributed by atoms with Gasteiger partial charge in [-0.2, -0.15) is 0 Å². The van der Waals surface area contributed by atoms with E-state index in [9.17, 15) is 4.79 Å². The van der Waals surface area contributed by atoms with Gasteiger partial charge in [0.05, 0.1) is 0 Å². The van der Waals surface area contributed by atoms with Crippen LogP contribution in [0.25, 0.3) is 0 Å². The molecule has 1 N–H and O–H groups in total. The first-order valence-corrected chi connectivity index (χ1v) is 6.01. The quantitative estimate of drug-likeness (QED) is 0.847. The lowest BCUT2D eigenvalue weighted by Gasteiger charge is -2.09. The predicted octanol–water partition coefficient (Wildman–Crippen LogP) is 3.86. The van der Waals surface area contributed by atoms with Gasteiger partial charge in [-0.25, -0.2) is 0 Å². The SMILES string of the molecule is Cc1ccc(C(=O)Nc2cc(C)ccc2C)cc1. The molecule has 0 aliphatic carbocycles. The minimum Gasteiger partial charge on any atom is -0.322 e. The van der Waals surface area contributed by atoms with E-state index in [2.05, 4.69) is 5.32 Å². The summed E-state index contributed by atoms with van der Waals surface area (Å²) < 4.78 is 0. The Labute approximate surface area is 108 Å². The molecule has 0 unspecified atom stereocenters. The van der Waals surface area contributed by atoms with Gasteiger partial charge in [0.1, 0.15) is 0 Å². The van der Waals surface area contributed by atoms with Gasteiger partial charge in [0, 0.05) is 11.3 Å². The fraction of sp³-hybridized carbons (Fsp3) is 0.188. The van der Waals surface area contributed by atoms with E-state index in [0.717, 1.165) is 22.4 Å². The number of carbonyl (C=O) groups excluding carboxylic acids is 1. The second-order valence-corrected chi connectivity index (χ2v) is 4.64. The van der Waals surface area contributed by atoms with Crippen LogP contribution in [0.2, 0.25) is 0 Å². The molecule has 0 aliphatic rings. The Morgan fingerprint density at radius 1 is 0.889 bits per heavy atom. The first-order chi connectivity index (χ1) is 8.56. The van der Waals surface area contributed by atoms with Crippen molar-refractivity contribution in [3.8, 4) is 0 Å². The van der Waals surface area contributed by atoms with Gasteiger partial charge < -0.3 is 5.32 Å². The fourth-order valence-electron chi connectivity index (χ4n) is 1.77. The zero-order valence-corrected chi connectivity index (χ0v) is 10.9. The Balaban J connectivity index is 2.21. The van der Waals surface area contributed by atoms with Crippen LogP contribution in [0.1, 0.15) is 27.0 Å². The van der Waals surface area contributed by atoms with E-state index in [1.165, 1.54) is 0 Å². The monoisotopic (exact) mass is 239 g/mol. The van der Waals surface area contributed by atoms with Gasteiger partial charge in [-0.15, -0.1) is 0 Å². The van der Waals surface area contributed by atoms with Crippen LogP contribution in [0.15, 0.2) is 42.5 Å². The first-order valence-electron chi connectivity index (χ1n) is 6.01. The van der Waals surface area contributed by atoms with Crippen molar-refractivity contribution in [1.82, 2.24) is 0 Å². The molecule has 2 aromatic rings. The van der Waals surface area contributed by atoms with Crippen molar-refractivity contribution < 1.29 is 4.79 Å². The molecule has 18 heavy (non-hydrogen) atoms. The highest BCUT2D eigenvalue weighted by atomic mass is 16.1. The summed E-state index contributed by atoms with van der Waals surface area (Å²) in [6.07, 6.45) is 0. The average Bonchev–Trinajstić information content (AvgIpc) is 2.34. The highest BCUT2D eigenvalue weighted by Gasteiger charge is 2.07. The number of aryl methyl sites for hydroxylation is 3. The molecule has 0 atom stereocenters. The van der Waals surface area contributed by atoms with Gasteiger partial charge in [0.2, 0.25) is 0 Å². The highest BCUT2D eigenvalue weighted by molar-refractivity contribution is 6.04. The number of carbonyl (C=O) groups is 1. The van der Waals surface area contributed by atoms with Crippen molar-refractivity contribution in [3.63, 3.8) is 0 Å². The minimum atomic E-state index is -0.0660. The number of amides is 1. The van der Waals surface area contributed by atoms with Crippen LogP contribution in [0.5, 0.6) is 0 Å². The van der Waals surface area contributed by atoms with E-state index in [4.69, 9.17) is 0 Å². The molecule has 2 heteroatoms. The summed E-state index contributed by atoms with van der Waals surface area (Å²) in [4.78, 5) is 12.1. The molecule has 0 spiro atoms. The van der Waals surface area contributed by atoms with Crippen LogP contribution >= 0.6 is 0 Å². The van der Waals surface area contributed by atoms with Crippen LogP contribution in [-0.2, 0) is 0 Å². The molecule has 2 aromatic carbocycles. The van der Waals surface area contributed by atoms with Crippen LogP contribution in [-0.4, -0.2) is 5.91 Å². The van der Waals surface area contributed by atoms with E-state index in [1.54, 1.807) is 0 Å². The maximum Gasteiger partial charge on any atom is 0.255 e. The summed E-state index contributed by atoms with van der Waals surface area (Å²) in [7, 11) is 0. The van der Waals surface area contributed by atoms with Crippen molar-refractivity contribution in [3.05, 3.63) is 64.7 Å².